The van der Waals surface area contributed by atoms with Crippen molar-refractivity contribution in [3.05, 3.63) is 85.2 Å². The van der Waals surface area contributed by atoms with Gasteiger partial charge in [-0.3, -0.25) is 47.8 Å². The van der Waals surface area contributed by atoms with E-state index in [0.29, 0.717) is 98.2 Å². The number of carbonyl (C=O) groups excluding carboxylic acids is 8. The van der Waals surface area contributed by atoms with E-state index in [1.165, 1.54) is 0 Å². The molecule has 4 aliphatic carbocycles. The van der Waals surface area contributed by atoms with Gasteiger partial charge in [0.15, 0.2) is 11.6 Å². The number of rotatable bonds is 18. The molecule has 2 saturated heterocycles. The summed E-state index contributed by atoms with van der Waals surface area (Å²) < 4.78 is 91.9. The summed E-state index contributed by atoms with van der Waals surface area (Å²) in [5.41, 5.74) is -3.98. The first-order valence-corrected chi connectivity index (χ1v) is 41.9. The fourth-order valence-electron chi connectivity index (χ4n) is 16.8. The molecule has 12 rings (SSSR count). The monoisotopic (exact) mass is 1530 g/mol. The van der Waals surface area contributed by atoms with Crippen LogP contribution < -0.4 is 28.4 Å². The molecule has 4 saturated carbocycles. The first-order chi connectivity index (χ1) is 51.1. The van der Waals surface area contributed by atoms with Crippen molar-refractivity contribution in [1.29, 1.82) is 0 Å². The molecule has 2 N–H and O–H groups in total. The quantitative estimate of drug-likeness (QED) is 0.0690. The minimum Gasteiger partial charge on any atom is -0.496 e. The first-order valence-electron chi connectivity index (χ1n) is 38.8. The van der Waals surface area contributed by atoms with Crippen molar-refractivity contribution >= 4 is 88.7 Å². The number of carbonyl (C=O) groups is 8. The van der Waals surface area contributed by atoms with E-state index in [9.17, 15) is 55.2 Å². The van der Waals surface area contributed by atoms with E-state index in [1.54, 1.807) is 78.0 Å². The van der Waals surface area contributed by atoms with Crippen LogP contribution in [0.2, 0.25) is 0 Å². The molecule has 108 heavy (non-hydrogen) atoms. The lowest BCUT2D eigenvalue weighted by Gasteiger charge is -2.33. The molecule has 2 aromatic carbocycles. The van der Waals surface area contributed by atoms with Crippen LogP contribution in [0.5, 0.6) is 23.3 Å². The lowest BCUT2D eigenvalue weighted by Crippen LogP contribution is -2.48. The molecule has 0 unspecified atom stereocenters. The third-order valence-corrected chi connectivity index (χ3v) is 26.7. The Morgan fingerprint density at radius 3 is 1.26 bits per heavy atom. The number of sulfonamides is 2. The Morgan fingerprint density at radius 1 is 0.537 bits per heavy atom. The minimum absolute atomic E-state index is 0.0622. The van der Waals surface area contributed by atoms with Gasteiger partial charge in [0.1, 0.15) is 34.9 Å². The highest BCUT2D eigenvalue weighted by Gasteiger charge is 2.63. The Balaban J connectivity index is 0.000000215. The molecule has 26 heteroatoms. The van der Waals surface area contributed by atoms with E-state index in [-0.39, 0.29) is 111 Å². The van der Waals surface area contributed by atoms with E-state index < -0.39 is 112 Å². The predicted octanol–water partition coefficient (Wildman–Crippen LogP) is 11.8. The van der Waals surface area contributed by atoms with Gasteiger partial charge in [0, 0.05) is 59.6 Å². The van der Waals surface area contributed by atoms with Gasteiger partial charge in [0.05, 0.1) is 85.4 Å². The Kier molecular flexibility index (Phi) is 24.7. The number of hydrogen-bond acceptors (Lipinski definition) is 20. The highest BCUT2D eigenvalue weighted by atomic mass is 32.2. The number of ketones is 2. The number of pyridine rings is 2. The Labute approximate surface area is 635 Å². The van der Waals surface area contributed by atoms with Gasteiger partial charge in [-0.25, -0.2) is 26.8 Å². The smallest absolute Gasteiger partial charge is 0.307 e. The standard InChI is InChI=1S/2C41H55N3O9S/c2*1-7-26-19-25(2)11-8-9-12-27-22-41(27,39(48)43-54(49,50)29-15-16-29)23-34(45)33-20-28(24-44(33)38(47)32(26)21-36(46)53-40(3,4)5)52-37-31-13-10-14-35(51-6)30(31)17-18-42-37/h2*9-10,12-14,17-18,25-29,32-33H,7-8,11,15-16,19-24H2,1-6H3,(H,43,48)/b2*12-9-/t25-,26+,27+,28+,32-,33-,41+;25-,26-,27-,28-,32+,33+,41-/m01/s1. The molecule has 0 bridgehead atoms. The Bertz CT molecular complexity index is 4080. The van der Waals surface area contributed by atoms with E-state index in [0.717, 1.165) is 36.5 Å². The SMILES string of the molecule is CC[C@@H]1C[C@@H](C)CC/C=C\[C@@H]2C[C@@]2(C(=O)NS(=O)(=O)C2CC2)CC(=O)[C@@H]2C[C@@H](Oc3nccc4c(OC)cccc34)CN2C(=O)[C@H]1CC(=O)OC(C)(C)C.CC[C@@H]1C[C@H](C)CC/C=C\[C@@H]2C[C@@]2(C(=O)NS(=O)(=O)C2CC2)CC(=O)[C@@H]2C[C@@H](Oc3nccc4c(OC)cccc34)CN2C(=O)[C@H]1CC(=O)OC(C)(C)C. The van der Waals surface area contributed by atoms with Crippen LogP contribution in [-0.4, -0.2) is 157 Å². The molecular formula is C82H110N6O18S2. The van der Waals surface area contributed by atoms with Crippen LogP contribution in [0, 0.1) is 58.2 Å². The van der Waals surface area contributed by atoms with Crippen molar-refractivity contribution in [2.24, 2.45) is 58.2 Å². The molecule has 6 heterocycles. The van der Waals surface area contributed by atoms with E-state index in [2.05, 4.69) is 33.3 Å². The topological polar surface area (TPSA) is 317 Å². The van der Waals surface area contributed by atoms with Gasteiger partial charge in [0.2, 0.25) is 55.4 Å². The second-order valence-corrected chi connectivity index (χ2v) is 37.6. The highest BCUT2D eigenvalue weighted by Crippen LogP contribution is 2.59. The van der Waals surface area contributed by atoms with E-state index >= 15 is 0 Å². The van der Waals surface area contributed by atoms with Crippen LogP contribution >= 0.6 is 0 Å². The first kappa shape index (κ1) is 81.0. The molecule has 0 radical (unpaired) electrons. The second kappa shape index (κ2) is 32.9. The number of ether oxygens (including phenoxy) is 6. The summed E-state index contributed by atoms with van der Waals surface area (Å²) in [5, 5.41) is 1.82. The van der Waals surface area contributed by atoms with Gasteiger partial charge in [-0.2, -0.15) is 0 Å². The molecule has 4 aliphatic heterocycles. The number of amides is 4. The largest absolute Gasteiger partial charge is 0.496 e. The van der Waals surface area contributed by atoms with Gasteiger partial charge >= 0.3 is 11.9 Å². The fourth-order valence-corrected chi connectivity index (χ4v) is 19.5. The number of allylic oxidation sites excluding steroid dienone is 4. The molecular weight excluding hydrogens is 1420 g/mol. The van der Waals surface area contributed by atoms with Crippen molar-refractivity contribution in [3.8, 4) is 23.3 Å². The zero-order valence-corrected chi connectivity index (χ0v) is 66.3. The van der Waals surface area contributed by atoms with Crippen LogP contribution in [-0.2, 0) is 67.9 Å². The maximum atomic E-state index is 15.0. The minimum atomic E-state index is -3.85. The van der Waals surface area contributed by atoms with Crippen LogP contribution in [0.1, 0.15) is 198 Å². The van der Waals surface area contributed by atoms with Gasteiger partial charge in [-0.15, -0.1) is 0 Å². The van der Waals surface area contributed by atoms with Crippen LogP contribution in [0.3, 0.4) is 0 Å². The molecule has 8 aliphatic rings. The second-order valence-electron chi connectivity index (χ2n) is 33.7. The average Bonchev–Trinajstić information content (AvgIpc) is 1.58. The lowest BCUT2D eigenvalue weighted by atomic mass is 9.79. The molecule has 0 spiro atoms. The van der Waals surface area contributed by atoms with Crippen LogP contribution in [0.15, 0.2) is 85.2 Å². The number of esters is 2. The van der Waals surface area contributed by atoms with E-state index in [4.69, 9.17) is 28.4 Å². The summed E-state index contributed by atoms with van der Waals surface area (Å²) in [6, 6.07) is 12.8. The van der Waals surface area contributed by atoms with Crippen molar-refractivity contribution in [3.63, 3.8) is 0 Å². The summed E-state index contributed by atoms with van der Waals surface area (Å²) in [5.74, 6) is -3.69. The van der Waals surface area contributed by atoms with E-state index in [1.807, 2.05) is 86.7 Å². The molecule has 6 fully saturated rings. The molecule has 4 amide bonds. The Hall–Kier alpha value is -8.00. The maximum absolute atomic E-state index is 15.0. The lowest BCUT2D eigenvalue weighted by molar-refractivity contribution is -0.160. The van der Waals surface area contributed by atoms with Crippen LogP contribution in [0.25, 0.3) is 21.5 Å². The number of methoxy groups -OCH3 is 2. The number of nitrogens with zero attached hydrogens (tertiary/aromatic N) is 4. The summed E-state index contributed by atoms with van der Waals surface area (Å²) in [7, 11) is -4.53. The zero-order chi connectivity index (χ0) is 78.0. The van der Waals surface area contributed by atoms with Gasteiger partial charge in [-0.05, 0) is 190 Å². The van der Waals surface area contributed by atoms with Crippen molar-refractivity contribution < 1.29 is 83.6 Å². The van der Waals surface area contributed by atoms with Crippen molar-refractivity contribution in [2.75, 3.05) is 27.3 Å². The third-order valence-electron chi connectivity index (χ3n) is 23.1. The molecule has 14 atom stereocenters. The maximum Gasteiger partial charge on any atom is 0.307 e. The number of nitrogens with one attached hydrogen (secondary N) is 2. The van der Waals surface area contributed by atoms with Gasteiger partial charge in [0.25, 0.3) is 0 Å². The summed E-state index contributed by atoms with van der Waals surface area (Å²) >= 11 is 0. The summed E-state index contributed by atoms with van der Waals surface area (Å²) in [6.07, 6.45) is 17.9. The average molecular weight is 1530 g/mol. The van der Waals surface area contributed by atoms with Crippen molar-refractivity contribution in [2.45, 2.75) is 244 Å². The summed E-state index contributed by atoms with van der Waals surface area (Å²) in [4.78, 5) is 126. The highest BCUT2D eigenvalue weighted by molar-refractivity contribution is 7.91. The third kappa shape index (κ3) is 19.1. The van der Waals surface area contributed by atoms with Gasteiger partial charge < -0.3 is 38.2 Å². The molecule has 2 aromatic heterocycles. The normalized spacial score (nSPS) is 30.0. The number of fused-ring (bicyclic) bond motifs is 6. The number of aromatic nitrogens is 2. The van der Waals surface area contributed by atoms with Crippen molar-refractivity contribution in [1.82, 2.24) is 29.2 Å². The zero-order valence-electron chi connectivity index (χ0n) is 64.7. The Morgan fingerprint density at radius 2 is 0.917 bits per heavy atom. The number of hydrogen-bond donors (Lipinski definition) is 2. The predicted molar refractivity (Wildman–Crippen MR) is 406 cm³/mol. The molecule has 588 valence electrons. The van der Waals surface area contributed by atoms with Crippen LogP contribution in [0.4, 0.5) is 0 Å². The van der Waals surface area contributed by atoms with Gasteiger partial charge in [-0.1, -0.05) is 77.0 Å². The number of benzene rings is 2. The number of Topliss-reactive ketones (excluding diaryl/α,β-unsaturated/α-hetero) is 2. The summed E-state index contributed by atoms with van der Waals surface area (Å²) in [6.45, 7) is 19.2. The molecule has 24 nitrogen and oxygen atoms in total. The fraction of sp³-hybridized carbons (Fsp3) is 0.634. The molecule has 4 aromatic rings.